The van der Waals surface area contributed by atoms with Gasteiger partial charge in [-0.05, 0) is 44.2 Å². The Morgan fingerprint density at radius 1 is 1.19 bits per heavy atom. The number of nitrogens with zero attached hydrogens (tertiary/aromatic N) is 4. The molecule has 4 aromatic rings. The van der Waals surface area contributed by atoms with Gasteiger partial charge in [-0.3, -0.25) is 9.69 Å². The van der Waals surface area contributed by atoms with E-state index in [2.05, 4.69) is 30.6 Å². The molecule has 5 N–H and O–H groups in total. The average Bonchev–Trinajstić information content (AvgIpc) is 3.22. The summed E-state index contributed by atoms with van der Waals surface area (Å²) in [7, 11) is 0. The van der Waals surface area contributed by atoms with Crippen LogP contribution in [0.1, 0.15) is 24.2 Å². The SMILES string of the molecule is CC(Nc1nc(N)nc2nc[nH]c12)C1(C)Nc2ccccc2C(=O)N1c1cccc(F)c1. The predicted molar refractivity (Wildman–Crippen MR) is 121 cm³/mol. The van der Waals surface area contributed by atoms with Crippen molar-refractivity contribution in [1.29, 1.82) is 0 Å². The first kappa shape index (κ1) is 19.7. The van der Waals surface area contributed by atoms with Crippen molar-refractivity contribution in [3.63, 3.8) is 0 Å². The van der Waals surface area contributed by atoms with Crippen LogP contribution < -0.4 is 21.3 Å². The topological polar surface area (TPSA) is 125 Å². The van der Waals surface area contributed by atoms with E-state index >= 15 is 0 Å². The van der Waals surface area contributed by atoms with Crippen LogP contribution in [0.3, 0.4) is 0 Å². The second-order valence-corrected chi connectivity index (χ2v) is 7.84. The number of anilines is 4. The number of hydrogen-bond acceptors (Lipinski definition) is 7. The number of benzene rings is 2. The molecular formula is C22H21FN8O. The van der Waals surface area contributed by atoms with E-state index in [4.69, 9.17) is 5.73 Å². The van der Waals surface area contributed by atoms with E-state index in [1.165, 1.54) is 18.5 Å². The molecule has 0 saturated heterocycles. The van der Waals surface area contributed by atoms with E-state index in [9.17, 15) is 9.18 Å². The van der Waals surface area contributed by atoms with Gasteiger partial charge in [-0.1, -0.05) is 18.2 Å². The molecular weight excluding hydrogens is 411 g/mol. The summed E-state index contributed by atoms with van der Waals surface area (Å²) in [6, 6.07) is 12.8. The summed E-state index contributed by atoms with van der Waals surface area (Å²) in [6.07, 6.45) is 1.51. The fourth-order valence-corrected chi connectivity index (χ4v) is 4.04. The first-order valence-electron chi connectivity index (χ1n) is 10.1. The minimum Gasteiger partial charge on any atom is -0.368 e. The van der Waals surface area contributed by atoms with Gasteiger partial charge in [0.1, 0.15) is 17.0 Å². The molecule has 162 valence electrons. The van der Waals surface area contributed by atoms with E-state index in [0.29, 0.717) is 33.9 Å². The Bertz CT molecular complexity index is 1340. The molecule has 2 aromatic carbocycles. The number of amides is 1. The second-order valence-electron chi connectivity index (χ2n) is 7.84. The van der Waals surface area contributed by atoms with Crippen molar-refractivity contribution < 1.29 is 9.18 Å². The highest BCUT2D eigenvalue weighted by Gasteiger charge is 2.46. The van der Waals surface area contributed by atoms with E-state index < -0.39 is 17.5 Å². The number of carbonyl (C=O) groups is 1. The van der Waals surface area contributed by atoms with E-state index in [0.717, 1.165) is 0 Å². The highest BCUT2D eigenvalue weighted by molar-refractivity contribution is 6.13. The van der Waals surface area contributed by atoms with Crippen LogP contribution in [0.5, 0.6) is 0 Å². The van der Waals surface area contributed by atoms with Crippen LogP contribution in [0, 0.1) is 5.82 Å². The number of fused-ring (bicyclic) bond motifs is 2. The largest absolute Gasteiger partial charge is 0.368 e. The third-order valence-electron chi connectivity index (χ3n) is 5.78. The van der Waals surface area contributed by atoms with Crippen molar-refractivity contribution in [1.82, 2.24) is 19.9 Å². The van der Waals surface area contributed by atoms with Gasteiger partial charge in [0, 0.05) is 11.4 Å². The Morgan fingerprint density at radius 2 is 2.00 bits per heavy atom. The molecule has 0 aliphatic carbocycles. The molecule has 2 unspecified atom stereocenters. The van der Waals surface area contributed by atoms with Gasteiger partial charge in [-0.25, -0.2) is 9.37 Å². The number of nitrogen functional groups attached to an aromatic ring is 1. The Labute approximate surface area is 182 Å². The van der Waals surface area contributed by atoms with Crippen LogP contribution in [0.2, 0.25) is 0 Å². The third-order valence-corrected chi connectivity index (χ3v) is 5.78. The zero-order valence-electron chi connectivity index (χ0n) is 17.4. The second kappa shape index (κ2) is 7.19. The van der Waals surface area contributed by atoms with Crippen LogP contribution in [-0.2, 0) is 0 Å². The zero-order valence-corrected chi connectivity index (χ0v) is 17.4. The number of para-hydroxylation sites is 1. The molecule has 32 heavy (non-hydrogen) atoms. The summed E-state index contributed by atoms with van der Waals surface area (Å²) in [5.41, 5.74) is 7.50. The Hall–Kier alpha value is -4.21. The molecule has 10 heteroatoms. The molecule has 1 amide bonds. The maximum Gasteiger partial charge on any atom is 0.262 e. The Balaban J connectivity index is 1.61. The molecule has 3 heterocycles. The number of aromatic amines is 1. The summed E-state index contributed by atoms with van der Waals surface area (Å²) in [6.45, 7) is 3.78. The quantitative estimate of drug-likeness (QED) is 0.390. The van der Waals surface area contributed by atoms with E-state index in [1.54, 1.807) is 29.2 Å². The van der Waals surface area contributed by atoms with Gasteiger partial charge < -0.3 is 21.4 Å². The fourth-order valence-electron chi connectivity index (χ4n) is 4.04. The zero-order chi connectivity index (χ0) is 22.5. The van der Waals surface area contributed by atoms with E-state index in [-0.39, 0.29) is 11.9 Å². The van der Waals surface area contributed by atoms with Gasteiger partial charge in [-0.15, -0.1) is 0 Å². The highest BCUT2D eigenvalue weighted by Crippen LogP contribution is 2.38. The number of nitrogens with one attached hydrogen (secondary N) is 3. The smallest absolute Gasteiger partial charge is 0.262 e. The molecule has 0 spiro atoms. The first-order valence-corrected chi connectivity index (χ1v) is 10.1. The lowest BCUT2D eigenvalue weighted by atomic mass is 9.93. The summed E-state index contributed by atoms with van der Waals surface area (Å²) < 4.78 is 14.1. The molecule has 2 aromatic heterocycles. The van der Waals surface area contributed by atoms with Crippen LogP contribution in [-0.4, -0.2) is 37.5 Å². The Morgan fingerprint density at radius 3 is 2.81 bits per heavy atom. The van der Waals surface area contributed by atoms with Gasteiger partial charge in [0.2, 0.25) is 5.95 Å². The molecule has 0 fully saturated rings. The van der Waals surface area contributed by atoms with Gasteiger partial charge in [0.25, 0.3) is 5.91 Å². The molecule has 1 aliphatic rings. The van der Waals surface area contributed by atoms with Crippen LogP contribution in [0.25, 0.3) is 11.2 Å². The van der Waals surface area contributed by atoms with Gasteiger partial charge in [0.05, 0.1) is 17.9 Å². The van der Waals surface area contributed by atoms with Crippen molar-refractivity contribution in [2.24, 2.45) is 0 Å². The molecule has 5 rings (SSSR count). The molecule has 0 radical (unpaired) electrons. The number of halogens is 1. The third kappa shape index (κ3) is 3.08. The molecule has 0 saturated carbocycles. The fraction of sp³-hybridized carbons (Fsp3) is 0.182. The number of aromatic nitrogens is 4. The number of rotatable bonds is 4. The summed E-state index contributed by atoms with van der Waals surface area (Å²) in [5.74, 6) is -0.148. The monoisotopic (exact) mass is 432 g/mol. The maximum absolute atomic E-state index is 14.1. The summed E-state index contributed by atoms with van der Waals surface area (Å²) in [4.78, 5) is 30.7. The number of carbonyl (C=O) groups excluding carboxylic acids is 1. The Kier molecular flexibility index (Phi) is 4.43. The highest BCUT2D eigenvalue weighted by atomic mass is 19.1. The van der Waals surface area contributed by atoms with Gasteiger partial charge in [0.15, 0.2) is 11.5 Å². The maximum atomic E-state index is 14.1. The van der Waals surface area contributed by atoms with Crippen LogP contribution in [0.4, 0.5) is 27.5 Å². The van der Waals surface area contributed by atoms with Gasteiger partial charge >= 0.3 is 0 Å². The van der Waals surface area contributed by atoms with E-state index in [1.807, 2.05) is 26.0 Å². The number of hydrogen-bond donors (Lipinski definition) is 4. The lowest BCUT2D eigenvalue weighted by Gasteiger charge is -2.49. The van der Waals surface area contributed by atoms with Crippen molar-refractivity contribution in [2.75, 3.05) is 21.3 Å². The molecule has 0 bridgehead atoms. The number of imidazole rings is 1. The lowest BCUT2D eigenvalue weighted by molar-refractivity contribution is 0.0953. The predicted octanol–water partition coefficient (Wildman–Crippen LogP) is 3.36. The molecule has 9 nitrogen and oxygen atoms in total. The van der Waals surface area contributed by atoms with Crippen LogP contribution >= 0.6 is 0 Å². The average molecular weight is 432 g/mol. The van der Waals surface area contributed by atoms with Crippen LogP contribution in [0.15, 0.2) is 54.9 Å². The van der Waals surface area contributed by atoms with Crippen molar-refractivity contribution >= 4 is 40.2 Å². The summed E-state index contributed by atoms with van der Waals surface area (Å²) in [5, 5.41) is 6.80. The molecule has 1 aliphatic heterocycles. The van der Waals surface area contributed by atoms with Crippen molar-refractivity contribution in [2.45, 2.75) is 25.6 Å². The van der Waals surface area contributed by atoms with Gasteiger partial charge in [-0.2, -0.15) is 9.97 Å². The minimum atomic E-state index is -0.995. The number of H-pyrrole nitrogens is 1. The summed E-state index contributed by atoms with van der Waals surface area (Å²) >= 11 is 0. The first-order chi connectivity index (χ1) is 15.4. The van der Waals surface area contributed by atoms with Crippen molar-refractivity contribution in [3.05, 3.63) is 66.2 Å². The minimum absolute atomic E-state index is 0.0736. The number of nitrogens with two attached hydrogens (primary N) is 1. The molecule has 2 atom stereocenters. The van der Waals surface area contributed by atoms with Crippen molar-refractivity contribution in [3.8, 4) is 0 Å². The lowest BCUT2D eigenvalue weighted by Crippen LogP contribution is -2.66. The standard InChI is InChI=1S/C22H21FN8O/c1-12(27-19-17-18(26-11-25-17)28-21(24)29-19)22(2)30-16-9-4-3-8-15(16)20(32)31(22)14-7-5-6-13(23)10-14/h3-12,30H,1-2H3,(H4,24,25,26,27,28,29). The normalized spacial score (nSPS) is 18.8.